The predicted octanol–water partition coefficient (Wildman–Crippen LogP) is 2.79. The highest BCUT2D eigenvalue weighted by molar-refractivity contribution is 5.17. The van der Waals surface area contributed by atoms with Gasteiger partial charge in [-0.05, 0) is 12.5 Å². The first-order chi connectivity index (χ1) is 12.2. The molecular weight excluding hydrogens is 320 g/mol. The van der Waals surface area contributed by atoms with Gasteiger partial charge in [0, 0.05) is 5.56 Å². The Labute approximate surface area is 147 Å². The first kappa shape index (κ1) is 16.7. The Balaban J connectivity index is 1.43. The molecule has 0 aromatic heterocycles. The number of aliphatic hydroxyl groups is 1. The molecular formula is C20H22O5. The van der Waals surface area contributed by atoms with Crippen LogP contribution in [0.1, 0.15) is 24.3 Å². The lowest BCUT2D eigenvalue weighted by Crippen LogP contribution is -2.56. The van der Waals surface area contributed by atoms with Crippen LogP contribution in [-0.2, 0) is 25.6 Å². The first-order valence-electron chi connectivity index (χ1n) is 8.57. The van der Waals surface area contributed by atoms with E-state index < -0.39 is 30.9 Å². The van der Waals surface area contributed by atoms with Gasteiger partial charge in [0.05, 0.1) is 12.7 Å². The van der Waals surface area contributed by atoms with Gasteiger partial charge in [-0.1, -0.05) is 60.7 Å². The molecule has 0 aliphatic carbocycles. The summed E-state index contributed by atoms with van der Waals surface area (Å²) in [5.41, 5.74) is 1.96. The molecule has 2 aromatic rings. The average Bonchev–Trinajstić information content (AvgIpc) is 3.07. The number of aliphatic hydroxyl groups excluding tert-OH is 1. The lowest BCUT2D eigenvalue weighted by atomic mass is 10.00. The Hall–Kier alpha value is -1.76. The summed E-state index contributed by atoms with van der Waals surface area (Å²) in [7, 11) is 0. The van der Waals surface area contributed by atoms with E-state index >= 15 is 0 Å². The summed E-state index contributed by atoms with van der Waals surface area (Å²) in [6, 6.07) is 19.5. The number of benzene rings is 2. The van der Waals surface area contributed by atoms with Gasteiger partial charge in [-0.15, -0.1) is 0 Å². The van der Waals surface area contributed by atoms with Crippen molar-refractivity contribution < 1.29 is 24.1 Å². The van der Waals surface area contributed by atoms with Gasteiger partial charge in [-0.2, -0.15) is 0 Å². The Morgan fingerprint density at radius 2 is 1.60 bits per heavy atom. The zero-order chi connectivity index (χ0) is 17.2. The van der Waals surface area contributed by atoms with E-state index in [0.29, 0.717) is 6.61 Å². The van der Waals surface area contributed by atoms with Crippen molar-refractivity contribution in [3.63, 3.8) is 0 Å². The van der Waals surface area contributed by atoms with Crippen LogP contribution in [0.4, 0.5) is 0 Å². The van der Waals surface area contributed by atoms with Crippen LogP contribution >= 0.6 is 0 Å². The molecule has 0 radical (unpaired) electrons. The SMILES string of the molecule is CC1OC2OC(c3ccccc3)OC2C(O)C1OCc1ccccc1. The van der Waals surface area contributed by atoms with Gasteiger partial charge >= 0.3 is 0 Å². The third-order valence-corrected chi connectivity index (χ3v) is 4.65. The van der Waals surface area contributed by atoms with Gasteiger partial charge in [0.1, 0.15) is 18.3 Å². The molecule has 25 heavy (non-hydrogen) atoms. The maximum Gasteiger partial charge on any atom is 0.190 e. The molecule has 0 bridgehead atoms. The third-order valence-electron chi connectivity index (χ3n) is 4.65. The predicted molar refractivity (Wildman–Crippen MR) is 90.5 cm³/mol. The minimum Gasteiger partial charge on any atom is -0.387 e. The van der Waals surface area contributed by atoms with Crippen LogP contribution in [0.5, 0.6) is 0 Å². The van der Waals surface area contributed by atoms with Crippen LogP contribution in [-0.4, -0.2) is 35.8 Å². The summed E-state index contributed by atoms with van der Waals surface area (Å²) in [5, 5.41) is 10.7. The Bertz CT molecular complexity index is 675. The van der Waals surface area contributed by atoms with Gasteiger partial charge in [-0.3, -0.25) is 0 Å². The average molecular weight is 342 g/mol. The topological polar surface area (TPSA) is 57.2 Å². The molecule has 2 saturated heterocycles. The van der Waals surface area contributed by atoms with Crippen molar-refractivity contribution in [2.24, 2.45) is 0 Å². The van der Waals surface area contributed by atoms with Crippen LogP contribution in [0.2, 0.25) is 0 Å². The van der Waals surface area contributed by atoms with E-state index in [1.54, 1.807) is 0 Å². The first-order valence-corrected chi connectivity index (χ1v) is 8.57. The molecule has 4 rings (SSSR count). The summed E-state index contributed by atoms with van der Waals surface area (Å²) in [5.74, 6) is 0. The van der Waals surface area contributed by atoms with Crippen LogP contribution in [0.3, 0.4) is 0 Å². The molecule has 2 fully saturated rings. The van der Waals surface area contributed by atoms with E-state index in [2.05, 4.69) is 0 Å². The summed E-state index contributed by atoms with van der Waals surface area (Å²) in [6.45, 7) is 2.30. The van der Waals surface area contributed by atoms with E-state index in [1.165, 1.54) is 0 Å². The molecule has 132 valence electrons. The Morgan fingerprint density at radius 1 is 0.920 bits per heavy atom. The largest absolute Gasteiger partial charge is 0.387 e. The molecule has 6 unspecified atom stereocenters. The fraction of sp³-hybridized carbons (Fsp3) is 0.400. The van der Waals surface area contributed by atoms with Gasteiger partial charge in [0.2, 0.25) is 0 Å². The maximum absolute atomic E-state index is 10.7. The number of fused-ring (bicyclic) bond motifs is 1. The van der Waals surface area contributed by atoms with Gasteiger partial charge < -0.3 is 24.1 Å². The van der Waals surface area contributed by atoms with Gasteiger partial charge in [0.25, 0.3) is 0 Å². The Morgan fingerprint density at radius 3 is 2.32 bits per heavy atom. The van der Waals surface area contributed by atoms with Crippen molar-refractivity contribution in [3.8, 4) is 0 Å². The highest BCUT2D eigenvalue weighted by Crippen LogP contribution is 2.38. The molecule has 5 nitrogen and oxygen atoms in total. The second kappa shape index (κ2) is 7.23. The van der Waals surface area contributed by atoms with Crippen molar-refractivity contribution in [3.05, 3.63) is 71.8 Å². The van der Waals surface area contributed by atoms with E-state index in [-0.39, 0.29) is 6.10 Å². The van der Waals surface area contributed by atoms with Crippen LogP contribution in [0.25, 0.3) is 0 Å². The van der Waals surface area contributed by atoms with E-state index in [1.807, 2.05) is 67.6 Å². The fourth-order valence-electron chi connectivity index (χ4n) is 3.31. The van der Waals surface area contributed by atoms with Crippen molar-refractivity contribution >= 4 is 0 Å². The van der Waals surface area contributed by atoms with Crippen LogP contribution < -0.4 is 0 Å². The number of hydrogen-bond donors (Lipinski definition) is 1. The lowest BCUT2D eigenvalue weighted by Gasteiger charge is -2.38. The number of rotatable bonds is 4. The lowest BCUT2D eigenvalue weighted by molar-refractivity contribution is -0.254. The van der Waals surface area contributed by atoms with E-state index in [4.69, 9.17) is 18.9 Å². The quantitative estimate of drug-likeness (QED) is 0.926. The molecule has 6 atom stereocenters. The van der Waals surface area contributed by atoms with Crippen LogP contribution in [0, 0.1) is 0 Å². The smallest absolute Gasteiger partial charge is 0.190 e. The highest BCUT2D eigenvalue weighted by atomic mass is 16.8. The molecule has 0 amide bonds. The standard InChI is InChI=1S/C20H22O5/c1-13-17(22-12-14-8-4-2-5-9-14)16(21)18-20(23-13)25-19(24-18)15-10-6-3-7-11-15/h2-11,13,16-21H,12H2,1H3. The second-order valence-corrected chi connectivity index (χ2v) is 6.44. The van der Waals surface area contributed by atoms with Gasteiger partial charge in [0.15, 0.2) is 12.6 Å². The van der Waals surface area contributed by atoms with Gasteiger partial charge in [-0.25, -0.2) is 0 Å². The third kappa shape index (κ3) is 3.47. The maximum atomic E-state index is 10.7. The molecule has 2 aliphatic rings. The molecule has 2 aromatic carbocycles. The highest BCUT2D eigenvalue weighted by Gasteiger charge is 2.51. The van der Waals surface area contributed by atoms with Crippen molar-refractivity contribution in [1.82, 2.24) is 0 Å². The minimum absolute atomic E-state index is 0.293. The zero-order valence-corrected chi connectivity index (χ0v) is 14.0. The Kier molecular flexibility index (Phi) is 4.83. The molecule has 5 heteroatoms. The zero-order valence-electron chi connectivity index (χ0n) is 14.0. The summed E-state index contributed by atoms with van der Waals surface area (Å²) in [4.78, 5) is 0. The molecule has 1 N–H and O–H groups in total. The summed E-state index contributed by atoms with van der Waals surface area (Å²) >= 11 is 0. The fourth-order valence-corrected chi connectivity index (χ4v) is 3.31. The van der Waals surface area contributed by atoms with Crippen LogP contribution in [0.15, 0.2) is 60.7 Å². The van der Waals surface area contributed by atoms with E-state index in [0.717, 1.165) is 11.1 Å². The summed E-state index contributed by atoms with van der Waals surface area (Å²) < 4.78 is 23.6. The van der Waals surface area contributed by atoms with Crippen molar-refractivity contribution in [2.75, 3.05) is 0 Å². The molecule has 0 spiro atoms. The second-order valence-electron chi connectivity index (χ2n) is 6.44. The number of ether oxygens (including phenoxy) is 4. The van der Waals surface area contributed by atoms with E-state index in [9.17, 15) is 5.11 Å². The summed E-state index contributed by atoms with van der Waals surface area (Å²) in [6.07, 6.45) is -3.27. The molecule has 2 heterocycles. The molecule has 0 saturated carbocycles. The molecule has 2 aliphatic heterocycles. The van der Waals surface area contributed by atoms with Crippen molar-refractivity contribution in [1.29, 1.82) is 0 Å². The minimum atomic E-state index is -0.814. The van der Waals surface area contributed by atoms with Crippen molar-refractivity contribution in [2.45, 2.75) is 50.5 Å². The number of hydrogen-bond acceptors (Lipinski definition) is 5. The normalized spacial score (nSPS) is 34.6. The monoisotopic (exact) mass is 342 g/mol.